The number of Topliss-reactive ketones (excluding diaryl/α,β-unsaturated/α-hetero) is 1. The minimum atomic E-state index is 0.0123. The summed E-state index contributed by atoms with van der Waals surface area (Å²) in [6.07, 6.45) is 7.75. The lowest BCUT2D eigenvalue weighted by Crippen LogP contribution is -2.55. The van der Waals surface area contributed by atoms with Gasteiger partial charge in [-0.25, -0.2) is 0 Å². The Kier molecular flexibility index (Phi) is 1.99. The Morgan fingerprint density at radius 2 is 2.19 bits per heavy atom. The van der Waals surface area contributed by atoms with E-state index in [4.69, 9.17) is 0 Å². The quantitative estimate of drug-likeness (QED) is 0.661. The number of fused-ring (bicyclic) bond motifs is 5. The van der Waals surface area contributed by atoms with E-state index in [1.54, 1.807) is 0 Å². The molecule has 0 heterocycles. The Balaban J connectivity index is 1.94. The third kappa shape index (κ3) is 0.996. The van der Waals surface area contributed by atoms with Crippen LogP contribution in [0.2, 0.25) is 0 Å². The summed E-state index contributed by atoms with van der Waals surface area (Å²) in [5.74, 6) is 2.96. The van der Waals surface area contributed by atoms with Gasteiger partial charge in [-0.05, 0) is 43.4 Å². The molecule has 1 heteroatoms. The van der Waals surface area contributed by atoms with E-state index in [1.165, 1.54) is 12.8 Å². The van der Waals surface area contributed by atoms with Gasteiger partial charge in [0.1, 0.15) is 5.78 Å². The fraction of sp³-hybridized carbons (Fsp3) is 0.667. The smallest absolute Gasteiger partial charge is 0.144 e. The molecule has 86 valence electrons. The van der Waals surface area contributed by atoms with E-state index in [0.717, 1.165) is 5.57 Å². The van der Waals surface area contributed by atoms with Crippen LogP contribution in [0.3, 0.4) is 0 Å². The van der Waals surface area contributed by atoms with E-state index in [1.807, 2.05) is 6.92 Å². The molecular weight excluding hydrogens is 196 g/mol. The molecule has 0 aromatic rings. The van der Waals surface area contributed by atoms with Crippen molar-refractivity contribution in [2.75, 3.05) is 0 Å². The first kappa shape index (κ1) is 10.3. The summed E-state index contributed by atoms with van der Waals surface area (Å²) in [5, 5.41) is 0. The van der Waals surface area contributed by atoms with Crippen molar-refractivity contribution in [2.24, 2.45) is 29.1 Å². The fourth-order valence-corrected chi connectivity index (χ4v) is 4.64. The number of carbonyl (C=O) groups excluding carboxylic acids is 1. The Morgan fingerprint density at radius 3 is 2.75 bits per heavy atom. The van der Waals surface area contributed by atoms with Crippen LogP contribution < -0.4 is 0 Å². The van der Waals surface area contributed by atoms with Crippen molar-refractivity contribution in [3.63, 3.8) is 0 Å². The zero-order chi connectivity index (χ0) is 11.5. The highest BCUT2D eigenvalue weighted by Gasteiger charge is 2.67. The summed E-state index contributed by atoms with van der Waals surface area (Å²) in [7, 11) is 0. The topological polar surface area (TPSA) is 17.1 Å². The highest BCUT2D eigenvalue weighted by molar-refractivity contribution is 5.89. The highest BCUT2D eigenvalue weighted by Crippen LogP contribution is 2.69. The first-order chi connectivity index (χ1) is 7.56. The number of hydrogen-bond acceptors (Lipinski definition) is 1. The number of carbonyl (C=O) groups is 1. The summed E-state index contributed by atoms with van der Waals surface area (Å²) in [6.45, 7) is 8.13. The molecule has 3 aliphatic carbocycles. The minimum Gasteiger partial charge on any atom is -0.299 e. The summed E-state index contributed by atoms with van der Waals surface area (Å²) in [6, 6.07) is 0. The van der Waals surface area contributed by atoms with Gasteiger partial charge >= 0.3 is 0 Å². The molecule has 0 aliphatic heterocycles. The minimum absolute atomic E-state index is 0.0123. The summed E-state index contributed by atoms with van der Waals surface area (Å²) in [5.41, 5.74) is 1.03. The molecule has 0 spiro atoms. The molecule has 16 heavy (non-hydrogen) atoms. The molecule has 0 radical (unpaired) electrons. The molecule has 0 amide bonds. The molecule has 3 aliphatic rings. The monoisotopic (exact) mass is 216 g/mol. The van der Waals surface area contributed by atoms with Gasteiger partial charge in [-0.15, -0.1) is 0 Å². The van der Waals surface area contributed by atoms with E-state index in [2.05, 4.69) is 25.7 Å². The van der Waals surface area contributed by atoms with E-state index >= 15 is 0 Å². The van der Waals surface area contributed by atoms with E-state index in [0.29, 0.717) is 35.9 Å². The maximum Gasteiger partial charge on any atom is 0.144 e. The van der Waals surface area contributed by atoms with Gasteiger partial charge < -0.3 is 0 Å². The standard InChI is InChI=1S/C15H20O/c1-9(2)6-14(16)15-10(3)7-13(15)11-4-5-12(15)8-11/h4-5,10-13H,1,6-8H2,2-3H3/t10?,11-,12+,13+,15+/m0/s1. The second-order valence-electron chi connectivity index (χ2n) is 6.12. The molecule has 0 N–H and O–H groups in total. The second kappa shape index (κ2) is 3.09. The molecule has 0 aromatic heterocycles. The van der Waals surface area contributed by atoms with Crippen molar-refractivity contribution in [2.45, 2.75) is 33.1 Å². The van der Waals surface area contributed by atoms with Crippen LogP contribution in [0.5, 0.6) is 0 Å². The van der Waals surface area contributed by atoms with E-state index < -0.39 is 0 Å². The SMILES string of the molecule is C=C(C)CC(=O)[C@@]12C(C)C[C@@H]1[C@H]1C=C[C@@H]2C1. The van der Waals surface area contributed by atoms with Crippen LogP contribution in [0.4, 0.5) is 0 Å². The first-order valence-corrected chi connectivity index (χ1v) is 6.42. The van der Waals surface area contributed by atoms with Crippen LogP contribution in [0.15, 0.2) is 24.3 Å². The maximum absolute atomic E-state index is 12.5. The van der Waals surface area contributed by atoms with Gasteiger partial charge in [-0.1, -0.05) is 31.2 Å². The second-order valence-corrected chi connectivity index (χ2v) is 6.12. The van der Waals surface area contributed by atoms with Gasteiger partial charge in [0.2, 0.25) is 0 Å². The van der Waals surface area contributed by atoms with E-state index in [9.17, 15) is 4.79 Å². The average Bonchev–Trinajstić information content (AvgIpc) is 2.70. The van der Waals surface area contributed by atoms with Crippen molar-refractivity contribution in [1.29, 1.82) is 0 Å². The highest BCUT2D eigenvalue weighted by atomic mass is 16.1. The number of ketones is 1. The Labute approximate surface area is 97.6 Å². The predicted molar refractivity (Wildman–Crippen MR) is 64.9 cm³/mol. The fourth-order valence-electron chi connectivity index (χ4n) is 4.64. The molecule has 3 rings (SSSR count). The third-order valence-electron chi connectivity index (χ3n) is 5.23. The predicted octanol–water partition coefficient (Wildman–Crippen LogP) is 3.37. The van der Waals surface area contributed by atoms with Crippen molar-refractivity contribution in [3.8, 4) is 0 Å². The molecule has 2 bridgehead atoms. The molecule has 1 unspecified atom stereocenters. The summed E-state index contributed by atoms with van der Waals surface area (Å²) in [4.78, 5) is 12.5. The Hall–Kier alpha value is -0.850. The van der Waals surface area contributed by atoms with Crippen LogP contribution >= 0.6 is 0 Å². The van der Waals surface area contributed by atoms with Gasteiger partial charge in [-0.3, -0.25) is 4.79 Å². The van der Waals surface area contributed by atoms with Crippen LogP contribution in [0.25, 0.3) is 0 Å². The molecular formula is C15H20O. The van der Waals surface area contributed by atoms with Crippen LogP contribution in [-0.2, 0) is 4.79 Å². The summed E-state index contributed by atoms with van der Waals surface area (Å²) >= 11 is 0. The van der Waals surface area contributed by atoms with Crippen LogP contribution in [0.1, 0.15) is 33.1 Å². The van der Waals surface area contributed by atoms with Crippen LogP contribution in [0, 0.1) is 29.1 Å². The molecule has 2 saturated carbocycles. The normalized spacial score (nSPS) is 47.6. The van der Waals surface area contributed by atoms with Gasteiger partial charge in [0.05, 0.1) is 0 Å². The number of allylic oxidation sites excluding steroid dienone is 3. The number of hydrogen-bond donors (Lipinski definition) is 0. The Bertz CT molecular complexity index is 392. The van der Waals surface area contributed by atoms with Gasteiger partial charge in [0.15, 0.2) is 0 Å². The third-order valence-corrected chi connectivity index (χ3v) is 5.23. The largest absolute Gasteiger partial charge is 0.299 e. The maximum atomic E-state index is 12.5. The van der Waals surface area contributed by atoms with E-state index in [-0.39, 0.29) is 5.41 Å². The van der Waals surface area contributed by atoms with Crippen molar-refractivity contribution >= 4 is 5.78 Å². The Morgan fingerprint density at radius 1 is 1.44 bits per heavy atom. The summed E-state index contributed by atoms with van der Waals surface area (Å²) < 4.78 is 0. The lowest BCUT2D eigenvalue weighted by atomic mass is 9.47. The average molecular weight is 216 g/mol. The van der Waals surface area contributed by atoms with Crippen molar-refractivity contribution < 1.29 is 4.79 Å². The molecule has 5 atom stereocenters. The van der Waals surface area contributed by atoms with Crippen LogP contribution in [-0.4, -0.2) is 5.78 Å². The number of rotatable bonds is 3. The molecule has 0 aromatic carbocycles. The molecule has 0 saturated heterocycles. The lowest BCUT2D eigenvalue weighted by Gasteiger charge is -2.55. The molecule has 2 fully saturated rings. The lowest BCUT2D eigenvalue weighted by molar-refractivity contribution is -0.149. The zero-order valence-corrected chi connectivity index (χ0v) is 10.2. The van der Waals surface area contributed by atoms with Gasteiger partial charge in [0.25, 0.3) is 0 Å². The van der Waals surface area contributed by atoms with Crippen molar-refractivity contribution in [1.82, 2.24) is 0 Å². The first-order valence-electron chi connectivity index (χ1n) is 6.42. The molecule has 1 nitrogen and oxygen atoms in total. The van der Waals surface area contributed by atoms with Crippen molar-refractivity contribution in [3.05, 3.63) is 24.3 Å². The zero-order valence-electron chi connectivity index (χ0n) is 10.2. The van der Waals surface area contributed by atoms with Gasteiger partial charge in [-0.2, -0.15) is 0 Å². The van der Waals surface area contributed by atoms with Gasteiger partial charge in [0, 0.05) is 11.8 Å².